The molecule has 1 heterocycles. The fourth-order valence-corrected chi connectivity index (χ4v) is 5.40. The van der Waals surface area contributed by atoms with Gasteiger partial charge in [-0.1, -0.05) is 6.07 Å². The molecule has 0 aromatic carbocycles. The van der Waals surface area contributed by atoms with Gasteiger partial charge in [0.25, 0.3) is 0 Å². The fraction of sp³-hybridized carbons (Fsp3) is 0.667. The van der Waals surface area contributed by atoms with Crippen molar-refractivity contribution in [3.63, 3.8) is 0 Å². The molecule has 0 radical (unpaired) electrons. The maximum atomic E-state index is 12.9. The topological polar surface area (TPSA) is 33.2 Å². The molecule has 1 aromatic rings. The van der Waals surface area contributed by atoms with E-state index in [1.807, 2.05) is 30.1 Å². The van der Waals surface area contributed by atoms with Crippen molar-refractivity contribution >= 4 is 5.91 Å². The van der Waals surface area contributed by atoms with Crippen LogP contribution in [0.2, 0.25) is 0 Å². The molecule has 1 aromatic heterocycles. The number of carbonyl (C=O) groups is 1. The van der Waals surface area contributed by atoms with Crippen LogP contribution in [0.4, 0.5) is 0 Å². The van der Waals surface area contributed by atoms with E-state index in [0.29, 0.717) is 30.2 Å². The smallest absolute Gasteiger partial charge is 0.226 e. The number of hydrogen-bond acceptors (Lipinski definition) is 2. The van der Waals surface area contributed by atoms with E-state index in [4.69, 9.17) is 0 Å². The molecule has 3 heteroatoms. The molecule has 21 heavy (non-hydrogen) atoms. The van der Waals surface area contributed by atoms with Gasteiger partial charge in [-0.2, -0.15) is 0 Å². The first-order chi connectivity index (χ1) is 10.2. The first kappa shape index (κ1) is 13.3. The van der Waals surface area contributed by atoms with Crippen LogP contribution in [0.5, 0.6) is 0 Å². The molecule has 4 aliphatic rings. The van der Waals surface area contributed by atoms with Gasteiger partial charge in [0.05, 0.1) is 12.2 Å². The van der Waals surface area contributed by atoms with Gasteiger partial charge in [-0.25, -0.2) is 0 Å². The monoisotopic (exact) mass is 284 g/mol. The van der Waals surface area contributed by atoms with Crippen LogP contribution >= 0.6 is 0 Å². The summed E-state index contributed by atoms with van der Waals surface area (Å²) in [6, 6.07) is 5.91. The van der Waals surface area contributed by atoms with E-state index in [1.54, 1.807) is 6.20 Å². The van der Waals surface area contributed by atoms with E-state index in [2.05, 4.69) is 4.98 Å². The lowest BCUT2D eigenvalue weighted by Gasteiger charge is -2.54. The highest BCUT2D eigenvalue weighted by molar-refractivity contribution is 5.79. The molecule has 0 spiro atoms. The molecule has 0 unspecified atom stereocenters. The number of hydrogen-bond donors (Lipinski definition) is 0. The largest absolute Gasteiger partial charge is 0.340 e. The van der Waals surface area contributed by atoms with E-state index in [0.717, 1.165) is 17.5 Å². The van der Waals surface area contributed by atoms with E-state index in [9.17, 15) is 4.79 Å². The Morgan fingerprint density at radius 1 is 1.14 bits per heavy atom. The molecule has 0 saturated heterocycles. The number of carbonyl (C=O) groups excluding carboxylic acids is 1. The minimum absolute atomic E-state index is 0.298. The van der Waals surface area contributed by atoms with Crippen molar-refractivity contribution in [3.8, 4) is 0 Å². The van der Waals surface area contributed by atoms with Crippen molar-refractivity contribution in [1.82, 2.24) is 9.88 Å². The molecule has 4 saturated carbocycles. The number of amides is 1. The minimum Gasteiger partial charge on any atom is -0.340 e. The summed E-state index contributed by atoms with van der Waals surface area (Å²) in [7, 11) is 1.95. The van der Waals surface area contributed by atoms with Crippen molar-refractivity contribution in [2.75, 3.05) is 7.05 Å². The molecule has 0 N–H and O–H groups in total. The second-order valence-corrected chi connectivity index (χ2v) is 7.47. The molecule has 5 rings (SSSR count). The average molecular weight is 284 g/mol. The minimum atomic E-state index is 0.298. The van der Waals surface area contributed by atoms with Gasteiger partial charge in [-0.3, -0.25) is 9.78 Å². The third-order valence-electron chi connectivity index (χ3n) is 6.01. The van der Waals surface area contributed by atoms with Crippen LogP contribution < -0.4 is 0 Å². The molecule has 0 atom stereocenters. The zero-order valence-corrected chi connectivity index (χ0v) is 12.7. The van der Waals surface area contributed by atoms with Gasteiger partial charge in [0.15, 0.2) is 0 Å². The lowest BCUT2D eigenvalue weighted by atomic mass is 9.51. The van der Waals surface area contributed by atoms with E-state index < -0.39 is 0 Å². The first-order valence-electron chi connectivity index (χ1n) is 8.35. The van der Waals surface area contributed by atoms with Gasteiger partial charge in [0.2, 0.25) is 5.91 Å². The van der Waals surface area contributed by atoms with E-state index in [1.165, 1.54) is 32.1 Å². The highest BCUT2D eigenvalue weighted by atomic mass is 16.2. The van der Waals surface area contributed by atoms with Crippen LogP contribution in [0.15, 0.2) is 24.4 Å². The third-order valence-corrected chi connectivity index (χ3v) is 6.01. The number of rotatable bonds is 3. The van der Waals surface area contributed by atoms with Crippen LogP contribution in [-0.2, 0) is 11.3 Å². The summed E-state index contributed by atoms with van der Waals surface area (Å²) in [5.41, 5.74) is 0.983. The van der Waals surface area contributed by atoms with Gasteiger partial charge in [0, 0.05) is 19.2 Å². The average Bonchev–Trinajstić information content (AvgIpc) is 2.47. The standard InChI is InChI=1S/C18H24N2O/c1-20(11-16-4-2-3-5-19-16)18(21)17-14-7-12-6-13(9-14)10-15(17)8-12/h2-5,12-15,17H,6-11H2,1H3. The van der Waals surface area contributed by atoms with Crippen molar-refractivity contribution in [2.45, 2.75) is 38.6 Å². The van der Waals surface area contributed by atoms with Gasteiger partial charge < -0.3 is 4.90 Å². The lowest BCUT2D eigenvalue weighted by Crippen LogP contribution is -2.51. The van der Waals surface area contributed by atoms with Crippen molar-refractivity contribution in [3.05, 3.63) is 30.1 Å². The van der Waals surface area contributed by atoms with Crippen LogP contribution in [-0.4, -0.2) is 22.8 Å². The molecular formula is C18H24N2O. The zero-order valence-electron chi connectivity index (χ0n) is 12.7. The lowest BCUT2D eigenvalue weighted by molar-refractivity contribution is -0.148. The van der Waals surface area contributed by atoms with Crippen LogP contribution in [0.25, 0.3) is 0 Å². The molecule has 1 amide bonds. The summed E-state index contributed by atoms with van der Waals surface area (Å²) in [5, 5.41) is 0. The summed E-state index contributed by atoms with van der Waals surface area (Å²) in [5.74, 6) is 3.86. The summed E-state index contributed by atoms with van der Waals surface area (Å²) < 4.78 is 0. The van der Waals surface area contributed by atoms with Crippen molar-refractivity contribution < 1.29 is 4.79 Å². The van der Waals surface area contributed by atoms with Crippen LogP contribution in [0.3, 0.4) is 0 Å². The Labute approximate surface area is 126 Å². The molecule has 4 aliphatic carbocycles. The Morgan fingerprint density at radius 2 is 1.81 bits per heavy atom. The Morgan fingerprint density at radius 3 is 2.38 bits per heavy atom. The SMILES string of the molecule is CN(Cc1ccccn1)C(=O)C1C2CC3CC(C2)CC1C3. The maximum Gasteiger partial charge on any atom is 0.226 e. The normalized spacial score (nSPS) is 36.7. The Bertz CT molecular complexity index is 499. The number of nitrogens with zero attached hydrogens (tertiary/aromatic N) is 2. The van der Waals surface area contributed by atoms with Crippen molar-refractivity contribution in [2.24, 2.45) is 29.6 Å². The molecule has 3 nitrogen and oxygen atoms in total. The van der Waals surface area contributed by atoms with Gasteiger partial charge in [-0.15, -0.1) is 0 Å². The quantitative estimate of drug-likeness (QED) is 0.854. The first-order valence-corrected chi connectivity index (χ1v) is 8.35. The predicted molar refractivity (Wildman–Crippen MR) is 81.2 cm³/mol. The molecule has 4 bridgehead atoms. The van der Waals surface area contributed by atoms with E-state index >= 15 is 0 Å². The molecule has 112 valence electrons. The Kier molecular flexibility index (Phi) is 3.24. The van der Waals surface area contributed by atoms with Crippen LogP contribution in [0, 0.1) is 29.6 Å². The third kappa shape index (κ3) is 2.37. The number of aromatic nitrogens is 1. The fourth-order valence-electron chi connectivity index (χ4n) is 5.40. The van der Waals surface area contributed by atoms with Gasteiger partial charge in [-0.05, 0) is 67.9 Å². The number of pyridine rings is 1. The summed E-state index contributed by atoms with van der Waals surface area (Å²) in [6.45, 7) is 0.641. The molecule has 0 aliphatic heterocycles. The molecule has 4 fully saturated rings. The maximum absolute atomic E-state index is 12.9. The van der Waals surface area contributed by atoms with E-state index in [-0.39, 0.29) is 0 Å². The summed E-state index contributed by atoms with van der Waals surface area (Å²) >= 11 is 0. The Hall–Kier alpha value is -1.38. The highest BCUT2D eigenvalue weighted by Crippen LogP contribution is 2.56. The van der Waals surface area contributed by atoms with Crippen molar-refractivity contribution in [1.29, 1.82) is 0 Å². The van der Waals surface area contributed by atoms with Gasteiger partial charge >= 0.3 is 0 Å². The molecular weight excluding hydrogens is 260 g/mol. The van der Waals surface area contributed by atoms with Gasteiger partial charge in [0.1, 0.15) is 0 Å². The summed E-state index contributed by atoms with van der Waals surface area (Å²) in [6.07, 6.45) is 8.47. The highest BCUT2D eigenvalue weighted by Gasteiger charge is 2.51. The zero-order chi connectivity index (χ0) is 14.4. The summed E-state index contributed by atoms with van der Waals surface area (Å²) in [4.78, 5) is 19.2. The van der Waals surface area contributed by atoms with Crippen LogP contribution in [0.1, 0.15) is 37.8 Å². The second-order valence-electron chi connectivity index (χ2n) is 7.47. The predicted octanol–water partition coefficient (Wildman–Crippen LogP) is 3.11. The Balaban J connectivity index is 1.47. The second kappa shape index (κ2) is 5.11.